The Bertz CT molecular complexity index is 803. The molecule has 7 heteroatoms. The number of nitrogens with zero attached hydrogens (tertiary/aromatic N) is 1. The van der Waals surface area contributed by atoms with Gasteiger partial charge in [0.15, 0.2) is 6.10 Å². The van der Waals surface area contributed by atoms with Crippen molar-refractivity contribution in [1.82, 2.24) is 0 Å². The summed E-state index contributed by atoms with van der Waals surface area (Å²) in [6.45, 7) is 3.86. The second kappa shape index (κ2) is 8.92. The Hall–Kier alpha value is -2.51. The van der Waals surface area contributed by atoms with Gasteiger partial charge in [-0.2, -0.15) is 0 Å². The first-order valence-corrected chi connectivity index (χ1v) is 9.68. The van der Waals surface area contributed by atoms with Gasteiger partial charge in [-0.25, -0.2) is 14.6 Å². The Morgan fingerprint density at radius 3 is 2.37 bits per heavy atom. The van der Waals surface area contributed by atoms with E-state index < -0.39 is 30.2 Å². The van der Waals surface area contributed by atoms with Crippen molar-refractivity contribution in [2.24, 2.45) is 4.99 Å². The highest BCUT2D eigenvalue weighted by molar-refractivity contribution is 7.12. The van der Waals surface area contributed by atoms with Crippen LogP contribution >= 0.6 is 11.3 Å². The molecule has 1 aliphatic rings. The molecule has 142 valence electrons. The molecule has 0 saturated carbocycles. The molecule has 0 spiro atoms. The Kier molecular flexibility index (Phi) is 6.36. The molecule has 0 N–H and O–H groups in total. The van der Waals surface area contributed by atoms with Crippen LogP contribution in [0.3, 0.4) is 0 Å². The summed E-state index contributed by atoms with van der Waals surface area (Å²) in [5.74, 6) is -1.62. The second-order valence-electron chi connectivity index (χ2n) is 5.79. The van der Waals surface area contributed by atoms with E-state index in [4.69, 9.17) is 14.2 Å². The van der Waals surface area contributed by atoms with Gasteiger partial charge >= 0.3 is 11.9 Å². The quantitative estimate of drug-likeness (QED) is 0.712. The zero-order valence-electron chi connectivity index (χ0n) is 15.2. The molecule has 6 nitrogen and oxygen atoms in total. The molecule has 0 aliphatic carbocycles. The Balaban J connectivity index is 2.09. The van der Waals surface area contributed by atoms with E-state index in [2.05, 4.69) is 4.99 Å². The van der Waals surface area contributed by atoms with Crippen molar-refractivity contribution in [2.75, 3.05) is 13.2 Å². The van der Waals surface area contributed by atoms with Crippen molar-refractivity contribution in [3.05, 3.63) is 58.3 Å². The first-order valence-electron chi connectivity index (χ1n) is 8.81. The van der Waals surface area contributed by atoms with Gasteiger partial charge in [0.2, 0.25) is 6.23 Å². The van der Waals surface area contributed by atoms with Crippen LogP contribution in [-0.2, 0) is 23.8 Å². The van der Waals surface area contributed by atoms with Gasteiger partial charge in [-0.3, -0.25) is 0 Å². The summed E-state index contributed by atoms with van der Waals surface area (Å²) in [4.78, 5) is 30.3. The van der Waals surface area contributed by atoms with Crippen LogP contribution in [0, 0.1) is 0 Å². The maximum absolute atomic E-state index is 12.7. The van der Waals surface area contributed by atoms with Gasteiger partial charge in [-0.1, -0.05) is 36.4 Å². The minimum atomic E-state index is -1.20. The summed E-state index contributed by atoms with van der Waals surface area (Å²) in [7, 11) is 0. The fourth-order valence-electron chi connectivity index (χ4n) is 2.97. The van der Waals surface area contributed by atoms with Crippen LogP contribution in [0.1, 0.15) is 30.2 Å². The van der Waals surface area contributed by atoms with Gasteiger partial charge in [0.1, 0.15) is 0 Å². The molecule has 1 aliphatic heterocycles. The molecule has 2 aromatic rings. The highest BCUT2D eigenvalue weighted by atomic mass is 32.1. The number of aliphatic imine (C=N–C) groups is 1. The van der Waals surface area contributed by atoms with E-state index in [0.717, 1.165) is 10.4 Å². The van der Waals surface area contributed by atoms with Gasteiger partial charge in [0.05, 0.1) is 24.8 Å². The molecule has 0 unspecified atom stereocenters. The topological polar surface area (TPSA) is 74.2 Å². The van der Waals surface area contributed by atoms with Crippen LogP contribution < -0.4 is 0 Å². The zero-order chi connectivity index (χ0) is 19.2. The number of benzene rings is 1. The van der Waals surface area contributed by atoms with Crippen LogP contribution in [0.15, 0.2) is 52.8 Å². The van der Waals surface area contributed by atoms with Gasteiger partial charge < -0.3 is 14.2 Å². The number of hydrogen-bond acceptors (Lipinski definition) is 7. The monoisotopic (exact) mass is 387 g/mol. The van der Waals surface area contributed by atoms with Gasteiger partial charge in [0, 0.05) is 4.88 Å². The number of esters is 2. The molecule has 1 aromatic heterocycles. The molecule has 0 radical (unpaired) electrons. The molecule has 2 heterocycles. The third-order valence-corrected chi connectivity index (χ3v) is 4.96. The first kappa shape index (κ1) is 19.3. The molecule has 0 fully saturated rings. The SMILES string of the molecule is CCOC(=O)[C@@H]1N=C(c2cccs2)[C@@H](c2ccccc2)[C@@H](C(=O)OCC)O1. The molecular weight excluding hydrogens is 366 g/mol. The third kappa shape index (κ3) is 4.26. The standard InChI is InChI=1S/C20H21NO5S/c1-3-24-19(22)17-15(13-9-6-5-7-10-13)16(14-11-8-12-27-14)21-18(26-17)20(23)25-4-2/h5-12,15,17-18H,3-4H2,1-2H3/t15-,17+,18-/m1/s1. The Labute approximate surface area is 161 Å². The van der Waals surface area contributed by atoms with Crippen LogP contribution in [-0.4, -0.2) is 43.2 Å². The number of carbonyl (C=O) groups excluding carboxylic acids is 2. The average Bonchev–Trinajstić information content (AvgIpc) is 3.22. The summed E-state index contributed by atoms with van der Waals surface area (Å²) in [5, 5.41) is 1.92. The lowest BCUT2D eigenvalue weighted by Crippen LogP contribution is -2.46. The van der Waals surface area contributed by atoms with Crippen molar-refractivity contribution in [3.63, 3.8) is 0 Å². The second-order valence-corrected chi connectivity index (χ2v) is 6.74. The van der Waals surface area contributed by atoms with E-state index in [9.17, 15) is 9.59 Å². The zero-order valence-corrected chi connectivity index (χ0v) is 16.0. The predicted molar refractivity (Wildman–Crippen MR) is 102 cm³/mol. The lowest BCUT2D eigenvalue weighted by atomic mass is 9.86. The number of rotatable bonds is 6. The lowest BCUT2D eigenvalue weighted by Gasteiger charge is -2.33. The highest BCUT2D eigenvalue weighted by Gasteiger charge is 2.44. The van der Waals surface area contributed by atoms with Gasteiger partial charge in [-0.05, 0) is 30.9 Å². The van der Waals surface area contributed by atoms with Gasteiger partial charge in [-0.15, -0.1) is 11.3 Å². The average molecular weight is 387 g/mol. The summed E-state index contributed by atoms with van der Waals surface area (Å²) < 4.78 is 16.1. The Morgan fingerprint density at radius 1 is 1.04 bits per heavy atom. The number of thiophene rings is 1. The molecule has 3 atom stereocenters. The van der Waals surface area contributed by atoms with E-state index in [1.807, 2.05) is 47.8 Å². The predicted octanol–water partition coefficient (Wildman–Crippen LogP) is 3.17. The molecule has 3 rings (SSSR count). The third-order valence-electron chi connectivity index (χ3n) is 4.07. The maximum atomic E-state index is 12.7. The minimum Gasteiger partial charge on any atom is -0.464 e. The molecule has 27 heavy (non-hydrogen) atoms. The maximum Gasteiger partial charge on any atom is 0.358 e. The van der Waals surface area contributed by atoms with E-state index >= 15 is 0 Å². The van der Waals surface area contributed by atoms with Crippen molar-refractivity contribution in [1.29, 1.82) is 0 Å². The largest absolute Gasteiger partial charge is 0.464 e. The highest BCUT2D eigenvalue weighted by Crippen LogP contribution is 2.34. The number of hydrogen-bond donors (Lipinski definition) is 0. The lowest BCUT2D eigenvalue weighted by molar-refractivity contribution is -0.173. The first-order chi connectivity index (χ1) is 13.2. The van der Waals surface area contributed by atoms with E-state index in [1.54, 1.807) is 13.8 Å². The van der Waals surface area contributed by atoms with Crippen molar-refractivity contribution >= 4 is 29.0 Å². The fraction of sp³-hybridized carbons (Fsp3) is 0.350. The van der Waals surface area contributed by atoms with E-state index in [0.29, 0.717) is 5.71 Å². The molecular formula is C20H21NO5S. The summed E-state index contributed by atoms with van der Waals surface area (Å²) in [5.41, 5.74) is 1.49. The number of carbonyl (C=O) groups is 2. The van der Waals surface area contributed by atoms with E-state index in [-0.39, 0.29) is 13.2 Å². The summed E-state index contributed by atoms with van der Waals surface area (Å²) >= 11 is 1.49. The van der Waals surface area contributed by atoms with Crippen LogP contribution in [0.2, 0.25) is 0 Å². The fourth-order valence-corrected chi connectivity index (χ4v) is 3.73. The van der Waals surface area contributed by atoms with Crippen LogP contribution in [0.5, 0.6) is 0 Å². The van der Waals surface area contributed by atoms with Gasteiger partial charge in [0.25, 0.3) is 0 Å². The normalized spacial score (nSPS) is 22.0. The number of ether oxygens (including phenoxy) is 3. The van der Waals surface area contributed by atoms with Crippen LogP contribution in [0.25, 0.3) is 0 Å². The van der Waals surface area contributed by atoms with E-state index in [1.165, 1.54) is 11.3 Å². The summed E-state index contributed by atoms with van der Waals surface area (Å²) in [6, 6.07) is 13.3. The smallest absolute Gasteiger partial charge is 0.358 e. The molecule has 0 amide bonds. The summed E-state index contributed by atoms with van der Waals surface area (Å²) in [6.07, 6.45) is -2.19. The van der Waals surface area contributed by atoms with Crippen molar-refractivity contribution in [3.8, 4) is 0 Å². The molecule has 0 bridgehead atoms. The molecule has 1 aromatic carbocycles. The van der Waals surface area contributed by atoms with Crippen molar-refractivity contribution < 1.29 is 23.8 Å². The molecule has 0 saturated heterocycles. The van der Waals surface area contributed by atoms with Crippen LogP contribution in [0.4, 0.5) is 0 Å². The van der Waals surface area contributed by atoms with Crippen molar-refractivity contribution in [2.45, 2.75) is 32.1 Å². The Morgan fingerprint density at radius 2 is 1.74 bits per heavy atom. The minimum absolute atomic E-state index is 0.203.